The highest BCUT2D eigenvalue weighted by Crippen LogP contribution is 2.38. The number of hydrogen-bond donors (Lipinski definition) is 2. The van der Waals surface area contributed by atoms with Crippen molar-refractivity contribution in [3.8, 4) is 34.5 Å². The van der Waals surface area contributed by atoms with Crippen molar-refractivity contribution in [1.29, 1.82) is 5.26 Å². The van der Waals surface area contributed by atoms with Crippen LogP contribution in [-0.4, -0.2) is 27.7 Å². The molecule has 5 rings (SSSR count). The molecule has 2 aliphatic carbocycles. The molecule has 2 aliphatic rings. The van der Waals surface area contributed by atoms with Crippen LogP contribution in [0.15, 0.2) is 54.3 Å². The summed E-state index contributed by atoms with van der Waals surface area (Å²) in [6.45, 7) is 2.49. The molecule has 0 spiro atoms. The minimum absolute atomic E-state index is 0.287. The average molecular weight is 496 g/mol. The Labute approximate surface area is 216 Å². The van der Waals surface area contributed by atoms with Gasteiger partial charge in [0, 0.05) is 24.1 Å². The minimum atomic E-state index is -0.689. The van der Waals surface area contributed by atoms with E-state index in [4.69, 9.17) is 14.8 Å². The lowest BCUT2D eigenvalue weighted by molar-refractivity contribution is -0.364. The third-order valence-electron chi connectivity index (χ3n) is 7.32. The Hall–Kier alpha value is -4.18. The maximum Gasteiger partial charge on any atom is 0.303 e. The van der Waals surface area contributed by atoms with Crippen LogP contribution in [0, 0.1) is 17.2 Å². The Kier molecular flexibility index (Phi) is 7.18. The zero-order valence-corrected chi connectivity index (χ0v) is 21.0. The molecule has 3 aromatic rings. The van der Waals surface area contributed by atoms with Gasteiger partial charge in [0.25, 0.3) is 0 Å². The maximum absolute atomic E-state index is 11.0. The van der Waals surface area contributed by atoms with Crippen LogP contribution in [0.2, 0.25) is 0 Å². The summed E-state index contributed by atoms with van der Waals surface area (Å²) in [4.78, 5) is 22.6. The number of carboxylic acid groups (broad SMARTS) is 1. The van der Waals surface area contributed by atoms with Gasteiger partial charge in [-0.05, 0) is 74.3 Å². The van der Waals surface area contributed by atoms with Gasteiger partial charge in [-0.2, -0.15) is 5.26 Å². The number of nitrogens with zero attached hydrogens (tertiary/aromatic N) is 2. The molecular weight excluding hydrogens is 464 g/mol. The normalized spacial score (nSPS) is 18.9. The summed E-state index contributed by atoms with van der Waals surface area (Å²) in [5, 5.41) is 18.4. The number of fused-ring (bicyclic) bond motifs is 1. The standard InChI is InChI=1S/C30H30N4O3/c1-2-37-28-16-26(23-12-10-22(11-13-23)21-8-6-19(7-9-21)15-29(35)36)32-18-24(28)30-33-25-5-3-4-20(17-31)14-27(25)34-30/h3-4,10-14,16,18-19,21H,2,5-9,15H2,1H3,(H,33,34)(H,35,36)/p+1. The topological polar surface area (TPSA) is 113 Å². The third kappa shape index (κ3) is 5.49. The molecule has 0 bridgehead atoms. The SMILES string of the molecule is CCOc1cc(-c2ccc(C3CCC(CC(=O)O)CC3)cc2)[nH+]cc1-c1nc2c([nH]1)CC=CC(C#N)=C2. The van der Waals surface area contributed by atoms with Crippen LogP contribution in [0.3, 0.4) is 0 Å². The van der Waals surface area contributed by atoms with Gasteiger partial charge in [0.1, 0.15) is 17.1 Å². The number of hydrogen-bond acceptors (Lipinski definition) is 4. The van der Waals surface area contributed by atoms with Crippen LogP contribution in [0.5, 0.6) is 5.75 Å². The smallest absolute Gasteiger partial charge is 0.303 e. The summed E-state index contributed by atoms with van der Waals surface area (Å²) in [5.74, 6) is 1.55. The minimum Gasteiger partial charge on any atom is -0.493 e. The molecule has 1 saturated carbocycles. The molecule has 0 amide bonds. The molecule has 2 aromatic heterocycles. The molecule has 7 heteroatoms. The zero-order valence-electron chi connectivity index (χ0n) is 21.0. The first-order chi connectivity index (χ1) is 18.0. The lowest BCUT2D eigenvalue weighted by Crippen LogP contribution is -2.16. The number of imidazole rings is 1. The highest BCUT2D eigenvalue weighted by atomic mass is 16.5. The number of nitrogens with one attached hydrogen (secondary N) is 2. The summed E-state index contributed by atoms with van der Waals surface area (Å²) >= 11 is 0. The van der Waals surface area contributed by atoms with Crippen molar-refractivity contribution in [1.82, 2.24) is 9.97 Å². The Morgan fingerprint density at radius 2 is 2.03 bits per heavy atom. The molecule has 0 radical (unpaired) electrons. The number of carboxylic acids is 1. The molecule has 37 heavy (non-hydrogen) atoms. The lowest BCUT2D eigenvalue weighted by Gasteiger charge is -2.28. The molecule has 0 unspecified atom stereocenters. The first kappa shape index (κ1) is 24.5. The number of carbonyl (C=O) groups is 1. The van der Waals surface area contributed by atoms with E-state index in [1.54, 1.807) is 6.08 Å². The zero-order chi connectivity index (χ0) is 25.8. The molecule has 2 heterocycles. The third-order valence-corrected chi connectivity index (χ3v) is 7.32. The number of H-pyrrole nitrogens is 2. The van der Waals surface area contributed by atoms with Crippen molar-refractivity contribution < 1.29 is 19.6 Å². The lowest BCUT2D eigenvalue weighted by atomic mass is 9.77. The largest absolute Gasteiger partial charge is 0.493 e. The van der Waals surface area contributed by atoms with Crippen LogP contribution in [-0.2, 0) is 11.2 Å². The van der Waals surface area contributed by atoms with Crippen LogP contribution < -0.4 is 9.72 Å². The van der Waals surface area contributed by atoms with E-state index in [-0.39, 0.29) is 6.42 Å². The molecule has 0 atom stereocenters. The van der Waals surface area contributed by atoms with E-state index in [2.05, 4.69) is 40.3 Å². The van der Waals surface area contributed by atoms with Gasteiger partial charge in [-0.3, -0.25) is 4.79 Å². The fourth-order valence-corrected chi connectivity index (χ4v) is 5.37. The first-order valence-corrected chi connectivity index (χ1v) is 12.9. The summed E-state index contributed by atoms with van der Waals surface area (Å²) in [6.07, 6.45) is 12.5. The van der Waals surface area contributed by atoms with Crippen molar-refractivity contribution in [3.05, 3.63) is 71.2 Å². The number of nitriles is 1. The van der Waals surface area contributed by atoms with Crippen molar-refractivity contribution >= 4 is 12.0 Å². The van der Waals surface area contributed by atoms with Gasteiger partial charge in [0.05, 0.1) is 30.0 Å². The van der Waals surface area contributed by atoms with Gasteiger partial charge >= 0.3 is 5.97 Å². The van der Waals surface area contributed by atoms with Gasteiger partial charge in [-0.15, -0.1) is 0 Å². The van der Waals surface area contributed by atoms with Crippen LogP contribution in [0.25, 0.3) is 28.7 Å². The van der Waals surface area contributed by atoms with Gasteiger partial charge < -0.3 is 14.8 Å². The highest BCUT2D eigenvalue weighted by molar-refractivity contribution is 5.70. The van der Waals surface area contributed by atoms with Crippen molar-refractivity contribution in [2.45, 2.75) is 51.4 Å². The van der Waals surface area contributed by atoms with Crippen molar-refractivity contribution in [3.63, 3.8) is 0 Å². The molecule has 1 aromatic carbocycles. The quantitative estimate of drug-likeness (QED) is 0.435. The fraction of sp³-hybridized carbons (Fsp3) is 0.333. The molecule has 0 aliphatic heterocycles. The summed E-state index contributed by atoms with van der Waals surface area (Å²) < 4.78 is 6.01. The Morgan fingerprint density at radius 1 is 1.24 bits per heavy atom. The second-order valence-electron chi connectivity index (χ2n) is 9.76. The maximum atomic E-state index is 11.0. The highest BCUT2D eigenvalue weighted by Gasteiger charge is 2.24. The van der Waals surface area contributed by atoms with E-state index in [0.29, 0.717) is 36.3 Å². The van der Waals surface area contributed by atoms with E-state index in [1.165, 1.54) is 5.56 Å². The van der Waals surface area contributed by atoms with Crippen molar-refractivity contribution in [2.75, 3.05) is 6.61 Å². The van der Waals surface area contributed by atoms with Gasteiger partial charge in [0.2, 0.25) is 5.69 Å². The number of aliphatic carboxylic acids is 1. The van der Waals surface area contributed by atoms with Crippen LogP contribution in [0.1, 0.15) is 61.9 Å². The first-order valence-electron chi connectivity index (χ1n) is 12.9. The number of aromatic nitrogens is 3. The molecule has 188 valence electrons. The number of benzene rings is 1. The Bertz CT molecular complexity index is 1390. The van der Waals surface area contributed by atoms with E-state index in [1.807, 2.05) is 31.3 Å². The van der Waals surface area contributed by atoms with Crippen LogP contribution in [0.4, 0.5) is 0 Å². The van der Waals surface area contributed by atoms with Crippen LogP contribution >= 0.6 is 0 Å². The molecule has 3 N–H and O–H groups in total. The Morgan fingerprint density at radius 3 is 2.73 bits per heavy atom. The molecule has 1 fully saturated rings. The second-order valence-corrected chi connectivity index (χ2v) is 9.76. The van der Waals surface area contributed by atoms with E-state index in [9.17, 15) is 10.1 Å². The van der Waals surface area contributed by atoms with Gasteiger partial charge in [-0.1, -0.05) is 18.2 Å². The Balaban J connectivity index is 1.36. The molecule has 0 saturated heterocycles. The summed E-state index contributed by atoms with van der Waals surface area (Å²) in [6, 6.07) is 12.9. The number of aromatic amines is 2. The number of rotatable bonds is 7. The van der Waals surface area contributed by atoms with E-state index >= 15 is 0 Å². The second kappa shape index (κ2) is 10.8. The van der Waals surface area contributed by atoms with E-state index < -0.39 is 5.97 Å². The van der Waals surface area contributed by atoms with Gasteiger partial charge in [-0.25, -0.2) is 9.97 Å². The monoisotopic (exact) mass is 495 g/mol. The summed E-state index contributed by atoms with van der Waals surface area (Å²) in [5.41, 5.74) is 6.50. The number of pyridine rings is 1. The number of allylic oxidation sites excluding steroid dienone is 3. The summed E-state index contributed by atoms with van der Waals surface area (Å²) in [7, 11) is 0. The van der Waals surface area contributed by atoms with Crippen molar-refractivity contribution in [2.24, 2.45) is 5.92 Å². The molecular formula is C30H31N4O3+. The molecule has 7 nitrogen and oxygen atoms in total. The van der Waals surface area contributed by atoms with Gasteiger partial charge in [0.15, 0.2) is 6.20 Å². The average Bonchev–Trinajstić information content (AvgIpc) is 3.20. The number of ether oxygens (including phenoxy) is 1. The predicted molar refractivity (Wildman–Crippen MR) is 141 cm³/mol. The predicted octanol–water partition coefficient (Wildman–Crippen LogP) is 5.72. The fourth-order valence-electron chi connectivity index (χ4n) is 5.37. The van der Waals surface area contributed by atoms with E-state index in [0.717, 1.165) is 59.6 Å².